The van der Waals surface area contributed by atoms with Crippen LogP contribution in [0.5, 0.6) is 5.75 Å². The van der Waals surface area contributed by atoms with Crippen LogP contribution in [-0.4, -0.2) is 43.7 Å². The summed E-state index contributed by atoms with van der Waals surface area (Å²) in [5.41, 5.74) is 5.94. The molecule has 1 saturated heterocycles. The maximum absolute atomic E-state index is 12.5. The van der Waals surface area contributed by atoms with Gasteiger partial charge in [0.15, 0.2) is 6.10 Å². The minimum absolute atomic E-state index is 0.184. The van der Waals surface area contributed by atoms with E-state index in [-0.39, 0.29) is 16.2 Å². The Hall–Kier alpha value is -2.91. The molecule has 1 atom stereocenters. The molecule has 3 rings (SSSR count). The van der Waals surface area contributed by atoms with Crippen molar-refractivity contribution in [2.45, 2.75) is 30.8 Å². The molecule has 2 amide bonds. The van der Waals surface area contributed by atoms with Gasteiger partial charge in [-0.15, -0.1) is 0 Å². The molecule has 29 heavy (non-hydrogen) atoms. The fraction of sp³-hybridized carbons (Fsp3) is 0.300. The predicted molar refractivity (Wildman–Crippen MR) is 108 cm³/mol. The minimum atomic E-state index is -3.50. The molecule has 0 saturated carbocycles. The number of nitrogens with two attached hydrogens (primary N) is 1. The molecule has 1 fully saturated rings. The quantitative estimate of drug-likeness (QED) is 0.714. The van der Waals surface area contributed by atoms with Crippen LogP contribution in [0.1, 0.15) is 30.1 Å². The first-order valence-corrected chi connectivity index (χ1v) is 10.7. The second kappa shape index (κ2) is 8.62. The van der Waals surface area contributed by atoms with E-state index in [1.807, 2.05) is 0 Å². The second-order valence-corrected chi connectivity index (χ2v) is 8.68. The average Bonchev–Trinajstić information content (AvgIpc) is 3.24. The summed E-state index contributed by atoms with van der Waals surface area (Å²) in [6.07, 6.45) is 0.831. The number of nitrogens with one attached hydrogen (secondary N) is 1. The molecule has 0 aliphatic carbocycles. The number of carbonyl (C=O) groups excluding carboxylic acids is 2. The maximum Gasteiger partial charge on any atom is 0.265 e. The Balaban J connectivity index is 1.65. The number of ether oxygens (including phenoxy) is 1. The summed E-state index contributed by atoms with van der Waals surface area (Å²) < 4.78 is 32.1. The summed E-state index contributed by atoms with van der Waals surface area (Å²) in [6.45, 7) is 2.60. The van der Waals surface area contributed by atoms with Gasteiger partial charge >= 0.3 is 0 Å². The van der Waals surface area contributed by atoms with Gasteiger partial charge in [-0.25, -0.2) is 8.42 Å². The summed E-state index contributed by atoms with van der Waals surface area (Å²) in [6, 6.07) is 12.4. The molecule has 2 aromatic rings. The highest BCUT2D eigenvalue weighted by atomic mass is 32.2. The van der Waals surface area contributed by atoms with Crippen molar-refractivity contribution in [2.24, 2.45) is 5.73 Å². The lowest BCUT2D eigenvalue weighted by Gasteiger charge is -2.17. The number of benzene rings is 2. The minimum Gasteiger partial charge on any atom is -0.480 e. The molecule has 8 nitrogen and oxygen atoms in total. The highest BCUT2D eigenvalue weighted by molar-refractivity contribution is 7.89. The van der Waals surface area contributed by atoms with E-state index in [2.05, 4.69) is 5.32 Å². The van der Waals surface area contributed by atoms with E-state index >= 15 is 0 Å². The average molecular weight is 417 g/mol. The Labute approximate surface area is 169 Å². The van der Waals surface area contributed by atoms with Gasteiger partial charge in [-0.05, 0) is 56.2 Å². The third-order valence-electron chi connectivity index (χ3n) is 4.65. The lowest BCUT2D eigenvalue weighted by atomic mass is 10.2. The topological polar surface area (TPSA) is 119 Å². The van der Waals surface area contributed by atoms with E-state index in [0.29, 0.717) is 18.8 Å². The molecule has 0 bridgehead atoms. The van der Waals surface area contributed by atoms with E-state index < -0.39 is 27.9 Å². The zero-order valence-corrected chi connectivity index (χ0v) is 16.8. The zero-order chi connectivity index (χ0) is 21.0. The molecule has 1 heterocycles. The number of para-hydroxylation sites is 1. The molecule has 0 unspecified atom stereocenters. The molecule has 3 N–H and O–H groups in total. The van der Waals surface area contributed by atoms with Gasteiger partial charge < -0.3 is 15.8 Å². The van der Waals surface area contributed by atoms with Crippen LogP contribution >= 0.6 is 0 Å². The number of nitrogens with zero attached hydrogens (tertiary/aromatic N) is 1. The van der Waals surface area contributed by atoms with Gasteiger partial charge in [0.25, 0.3) is 11.8 Å². The van der Waals surface area contributed by atoms with E-state index in [4.69, 9.17) is 10.5 Å². The monoisotopic (exact) mass is 417 g/mol. The van der Waals surface area contributed by atoms with Crippen molar-refractivity contribution in [2.75, 3.05) is 18.4 Å². The first-order chi connectivity index (χ1) is 13.8. The number of anilines is 1. The molecule has 154 valence electrons. The second-order valence-electron chi connectivity index (χ2n) is 6.75. The van der Waals surface area contributed by atoms with Gasteiger partial charge in [-0.2, -0.15) is 4.31 Å². The van der Waals surface area contributed by atoms with Crippen molar-refractivity contribution in [3.63, 3.8) is 0 Å². The molecule has 1 aliphatic heterocycles. The Kier molecular flexibility index (Phi) is 6.19. The molecule has 0 radical (unpaired) electrons. The molecule has 9 heteroatoms. The van der Waals surface area contributed by atoms with Gasteiger partial charge in [0.05, 0.1) is 10.5 Å². The number of amides is 2. The Morgan fingerprint density at radius 3 is 2.31 bits per heavy atom. The molecule has 1 aliphatic rings. The Morgan fingerprint density at radius 2 is 1.69 bits per heavy atom. The van der Waals surface area contributed by atoms with Crippen molar-refractivity contribution < 1.29 is 22.7 Å². The van der Waals surface area contributed by atoms with E-state index in [1.165, 1.54) is 34.6 Å². The molecular weight excluding hydrogens is 394 g/mol. The highest BCUT2D eigenvalue weighted by Crippen LogP contribution is 2.23. The van der Waals surface area contributed by atoms with Crippen molar-refractivity contribution in [1.82, 2.24) is 4.31 Å². The van der Waals surface area contributed by atoms with Gasteiger partial charge in [0.1, 0.15) is 5.75 Å². The zero-order valence-electron chi connectivity index (χ0n) is 16.0. The largest absolute Gasteiger partial charge is 0.480 e. The summed E-state index contributed by atoms with van der Waals surface area (Å²) >= 11 is 0. The van der Waals surface area contributed by atoms with E-state index in [1.54, 1.807) is 25.1 Å². The SMILES string of the molecule is C[C@@H](Oc1ccccc1C(N)=O)C(=O)Nc1ccc(S(=O)(=O)N2CCCC2)cc1. The van der Waals surface area contributed by atoms with Crippen LogP contribution in [0.4, 0.5) is 5.69 Å². The van der Waals surface area contributed by atoms with Crippen LogP contribution in [0.2, 0.25) is 0 Å². The van der Waals surface area contributed by atoms with Gasteiger partial charge in [0.2, 0.25) is 10.0 Å². The summed E-state index contributed by atoms with van der Waals surface area (Å²) in [5, 5.41) is 2.67. The first kappa shape index (κ1) is 20.8. The summed E-state index contributed by atoms with van der Waals surface area (Å²) in [5.74, 6) is -0.878. The van der Waals surface area contributed by atoms with Crippen LogP contribution in [-0.2, 0) is 14.8 Å². The lowest BCUT2D eigenvalue weighted by Crippen LogP contribution is -2.31. The Bertz CT molecular complexity index is 999. The van der Waals surface area contributed by atoms with Crippen LogP contribution in [0.25, 0.3) is 0 Å². The van der Waals surface area contributed by atoms with E-state index in [0.717, 1.165) is 12.8 Å². The highest BCUT2D eigenvalue weighted by Gasteiger charge is 2.27. The van der Waals surface area contributed by atoms with Crippen LogP contribution in [0.15, 0.2) is 53.4 Å². The maximum atomic E-state index is 12.5. The van der Waals surface area contributed by atoms with Crippen molar-refractivity contribution >= 4 is 27.5 Å². The van der Waals surface area contributed by atoms with Crippen molar-refractivity contribution in [3.05, 3.63) is 54.1 Å². The molecular formula is C20H23N3O5S. The summed E-state index contributed by atoms with van der Waals surface area (Å²) in [4.78, 5) is 24.1. The fourth-order valence-electron chi connectivity index (χ4n) is 3.05. The fourth-order valence-corrected chi connectivity index (χ4v) is 4.57. The van der Waals surface area contributed by atoms with Gasteiger partial charge in [0, 0.05) is 18.8 Å². The number of hydrogen-bond acceptors (Lipinski definition) is 5. The molecule has 0 aromatic heterocycles. The lowest BCUT2D eigenvalue weighted by molar-refractivity contribution is -0.122. The number of rotatable bonds is 7. The van der Waals surface area contributed by atoms with Gasteiger partial charge in [-0.1, -0.05) is 12.1 Å². The third-order valence-corrected chi connectivity index (χ3v) is 6.56. The first-order valence-electron chi connectivity index (χ1n) is 9.25. The van der Waals surface area contributed by atoms with Crippen LogP contribution in [0.3, 0.4) is 0 Å². The van der Waals surface area contributed by atoms with Crippen molar-refractivity contribution in [1.29, 1.82) is 0 Å². The number of carbonyl (C=O) groups is 2. The number of sulfonamides is 1. The number of hydrogen-bond donors (Lipinski definition) is 2. The Morgan fingerprint density at radius 1 is 1.07 bits per heavy atom. The standard InChI is InChI=1S/C20H23N3O5S/c1-14(28-18-7-3-2-6-17(18)19(21)24)20(25)22-15-8-10-16(11-9-15)29(26,27)23-12-4-5-13-23/h2-3,6-11,14H,4-5,12-13H2,1H3,(H2,21,24)(H,22,25)/t14-/m1/s1. The predicted octanol–water partition coefficient (Wildman–Crippen LogP) is 1.98. The van der Waals surface area contributed by atoms with Crippen LogP contribution in [0, 0.1) is 0 Å². The molecule has 2 aromatic carbocycles. The smallest absolute Gasteiger partial charge is 0.265 e. The van der Waals surface area contributed by atoms with Crippen LogP contribution < -0.4 is 15.8 Å². The van der Waals surface area contributed by atoms with E-state index in [9.17, 15) is 18.0 Å². The van der Waals surface area contributed by atoms with Gasteiger partial charge in [-0.3, -0.25) is 9.59 Å². The molecule has 0 spiro atoms. The normalized spacial score (nSPS) is 15.6. The summed E-state index contributed by atoms with van der Waals surface area (Å²) in [7, 11) is -3.50. The third kappa shape index (κ3) is 4.75. The number of primary amides is 1. The van der Waals surface area contributed by atoms with Crippen molar-refractivity contribution in [3.8, 4) is 5.75 Å².